The highest BCUT2D eigenvalue weighted by Crippen LogP contribution is 2.38. The molecular formula is C24H41FN4O2. The van der Waals surface area contributed by atoms with Crippen LogP contribution in [0.15, 0.2) is 0 Å². The second-order valence-corrected chi connectivity index (χ2v) is 10.5. The number of nitrogens with one attached hydrogen (secondary N) is 2. The summed E-state index contributed by atoms with van der Waals surface area (Å²) >= 11 is 0. The molecule has 0 bridgehead atoms. The fourth-order valence-corrected chi connectivity index (χ4v) is 6.70. The zero-order valence-electron chi connectivity index (χ0n) is 19.5. The number of nitrogens with zero attached hydrogens (tertiary/aromatic N) is 2. The Bertz CT molecular complexity index is 643. The summed E-state index contributed by atoms with van der Waals surface area (Å²) in [6.45, 7) is 8.67. The second kappa shape index (κ2) is 9.74. The monoisotopic (exact) mass is 436 g/mol. The van der Waals surface area contributed by atoms with Gasteiger partial charge in [-0.15, -0.1) is 0 Å². The van der Waals surface area contributed by atoms with Gasteiger partial charge in [0, 0.05) is 56.6 Å². The lowest BCUT2D eigenvalue weighted by molar-refractivity contribution is -0.134. The normalized spacial score (nSPS) is 41.6. The van der Waals surface area contributed by atoms with Crippen molar-refractivity contribution < 1.29 is 14.0 Å². The molecule has 2 N–H and O–H groups in total. The standard InChI is InChI=1S/C24H41FN4O2/c1-4-18-14-28(10-11-29(18)16(3)30)19-7-5-6-17(12-19)26-24(31)22-13-20-21(25)9-8-15(2)23(20)27-22/h15,17-23,27H,4-14H2,1-3H3,(H,26,31)/t15?,17-,18-,19+,20?,21?,22?,23?/m1/s1. The van der Waals surface area contributed by atoms with E-state index in [-0.39, 0.29) is 35.9 Å². The molecule has 2 amide bonds. The van der Waals surface area contributed by atoms with Gasteiger partial charge in [0.2, 0.25) is 11.8 Å². The van der Waals surface area contributed by atoms with Crippen molar-refractivity contribution in [2.24, 2.45) is 11.8 Å². The van der Waals surface area contributed by atoms with E-state index in [0.717, 1.165) is 58.2 Å². The Kier molecular flexibility index (Phi) is 7.21. The minimum absolute atomic E-state index is 0.0119. The van der Waals surface area contributed by atoms with Crippen LogP contribution in [-0.2, 0) is 9.59 Å². The third-order valence-corrected chi connectivity index (χ3v) is 8.55. The molecule has 0 aromatic rings. The van der Waals surface area contributed by atoms with E-state index in [4.69, 9.17) is 0 Å². The van der Waals surface area contributed by atoms with Crippen LogP contribution in [0.25, 0.3) is 0 Å². The summed E-state index contributed by atoms with van der Waals surface area (Å²) in [5.41, 5.74) is 0. The molecule has 176 valence electrons. The summed E-state index contributed by atoms with van der Waals surface area (Å²) in [5, 5.41) is 6.77. The minimum Gasteiger partial charge on any atom is -0.352 e. The SMILES string of the molecule is CC[C@@H]1CN([C@H]2CCC[C@@H](NC(=O)C3CC4C(F)CCC(C)C4N3)C2)CCN1C(C)=O. The van der Waals surface area contributed by atoms with Crippen molar-refractivity contribution in [3.63, 3.8) is 0 Å². The molecule has 2 heterocycles. The largest absolute Gasteiger partial charge is 0.352 e. The number of amides is 2. The minimum atomic E-state index is -0.772. The molecule has 2 aliphatic carbocycles. The molecule has 4 aliphatic rings. The summed E-state index contributed by atoms with van der Waals surface area (Å²) in [5.74, 6) is 0.665. The number of hydrogen-bond acceptors (Lipinski definition) is 4. The fraction of sp³-hybridized carbons (Fsp3) is 0.917. The molecule has 4 rings (SSSR count). The first-order chi connectivity index (χ1) is 14.9. The molecule has 8 atom stereocenters. The van der Waals surface area contributed by atoms with Crippen molar-refractivity contribution in [2.75, 3.05) is 19.6 Å². The molecule has 6 nitrogen and oxygen atoms in total. The molecule has 0 radical (unpaired) electrons. The van der Waals surface area contributed by atoms with E-state index in [2.05, 4.69) is 29.4 Å². The number of piperazine rings is 1. The summed E-state index contributed by atoms with van der Waals surface area (Å²) < 4.78 is 14.4. The molecule has 0 spiro atoms. The van der Waals surface area contributed by atoms with Gasteiger partial charge in [-0.2, -0.15) is 0 Å². The van der Waals surface area contributed by atoms with Crippen molar-refractivity contribution in [2.45, 2.75) is 109 Å². The van der Waals surface area contributed by atoms with Gasteiger partial charge in [-0.3, -0.25) is 14.5 Å². The van der Waals surface area contributed by atoms with E-state index in [1.165, 1.54) is 0 Å². The topological polar surface area (TPSA) is 64.7 Å². The maximum atomic E-state index is 14.4. The van der Waals surface area contributed by atoms with Crippen LogP contribution in [0.5, 0.6) is 0 Å². The van der Waals surface area contributed by atoms with Crippen molar-refractivity contribution >= 4 is 11.8 Å². The van der Waals surface area contributed by atoms with Crippen LogP contribution in [0.2, 0.25) is 0 Å². The summed E-state index contributed by atoms with van der Waals surface area (Å²) in [6, 6.07) is 0.847. The number of carbonyl (C=O) groups excluding carboxylic acids is 2. The van der Waals surface area contributed by atoms with Crippen molar-refractivity contribution in [1.29, 1.82) is 0 Å². The van der Waals surface area contributed by atoms with E-state index in [0.29, 0.717) is 30.8 Å². The van der Waals surface area contributed by atoms with Crippen LogP contribution in [0.4, 0.5) is 4.39 Å². The number of halogens is 1. The number of alkyl halides is 1. The maximum absolute atomic E-state index is 14.4. The lowest BCUT2D eigenvalue weighted by Crippen LogP contribution is -2.58. The van der Waals surface area contributed by atoms with Gasteiger partial charge in [-0.05, 0) is 57.3 Å². The third-order valence-electron chi connectivity index (χ3n) is 8.55. The first kappa shape index (κ1) is 23.0. The van der Waals surface area contributed by atoms with Gasteiger partial charge < -0.3 is 15.5 Å². The zero-order chi connectivity index (χ0) is 22.1. The number of hydrogen-bond donors (Lipinski definition) is 2. The molecule has 7 heteroatoms. The molecule has 2 saturated heterocycles. The highest BCUT2D eigenvalue weighted by atomic mass is 19.1. The van der Waals surface area contributed by atoms with Crippen LogP contribution in [0.1, 0.15) is 72.1 Å². The number of carbonyl (C=O) groups is 2. The number of rotatable bonds is 4. The molecule has 0 aromatic heterocycles. The first-order valence-electron chi connectivity index (χ1n) is 12.6. The van der Waals surface area contributed by atoms with Gasteiger partial charge >= 0.3 is 0 Å². The number of fused-ring (bicyclic) bond motifs is 1. The van der Waals surface area contributed by atoms with E-state index >= 15 is 0 Å². The van der Waals surface area contributed by atoms with Crippen molar-refractivity contribution in [3.05, 3.63) is 0 Å². The maximum Gasteiger partial charge on any atom is 0.237 e. The predicted octanol–water partition coefficient (Wildman–Crippen LogP) is 2.47. The van der Waals surface area contributed by atoms with Crippen LogP contribution in [-0.4, -0.2) is 77.6 Å². The molecule has 0 aromatic carbocycles. The van der Waals surface area contributed by atoms with E-state index in [1.54, 1.807) is 6.92 Å². The van der Waals surface area contributed by atoms with E-state index in [9.17, 15) is 14.0 Å². The Balaban J connectivity index is 1.30. The Hall–Kier alpha value is -1.21. The highest BCUT2D eigenvalue weighted by Gasteiger charge is 2.46. The average molecular weight is 437 g/mol. The highest BCUT2D eigenvalue weighted by molar-refractivity contribution is 5.82. The van der Waals surface area contributed by atoms with Gasteiger partial charge in [0.15, 0.2) is 0 Å². The van der Waals surface area contributed by atoms with E-state index < -0.39 is 6.17 Å². The zero-order valence-corrected chi connectivity index (χ0v) is 19.5. The lowest BCUT2D eigenvalue weighted by atomic mass is 9.77. The lowest BCUT2D eigenvalue weighted by Gasteiger charge is -2.46. The molecule has 2 saturated carbocycles. The van der Waals surface area contributed by atoms with Crippen LogP contribution < -0.4 is 10.6 Å². The Labute approximate surface area is 186 Å². The smallest absolute Gasteiger partial charge is 0.237 e. The van der Waals surface area contributed by atoms with Crippen LogP contribution in [0.3, 0.4) is 0 Å². The Morgan fingerprint density at radius 1 is 1.13 bits per heavy atom. The molecule has 31 heavy (non-hydrogen) atoms. The summed E-state index contributed by atoms with van der Waals surface area (Å²) in [6.07, 6.45) is 6.66. The predicted molar refractivity (Wildman–Crippen MR) is 119 cm³/mol. The Morgan fingerprint density at radius 3 is 2.65 bits per heavy atom. The van der Waals surface area contributed by atoms with Gasteiger partial charge in [0.05, 0.1) is 6.04 Å². The summed E-state index contributed by atoms with van der Waals surface area (Å²) in [4.78, 5) is 29.5. The van der Waals surface area contributed by atoms with Gasteiger partial charge in [0.1, 0.15) is 6.17 Å². The summed E-state index contributed by atoms with van der Waals surface area (Å²) in [7, 11) is 0. The Morgan fingerprint density at radius 2 is 1.94 bits per heavy atom. The van der Waals surface area contributed by atoms with Crippen molar-refractivity contribution in [1.82, 2.24) is 20.4 Å². The second-order valence-electron chi connectivity index (χ2n) is 10.5. The molecule has 2 aliphatic heterocycles. The van der Waals surface area contributed by atoms with Gasteiger partial charge in [-0.25, -0.2) is 4.39 Å². The molecule has 4 fully saturated rings. The quantitative estimate of drug-likeness (QED) is 0.711. The van der Waals surface area contributed by atoms with Crippen LogP contribution >= 0.6 is 0 Å². The third kappa shape index (κ3) is 4.92. The van der Waals surface area contributed by atoms with E-state index in [1.807, 2.05) is 4.90 Å². The molecule has 5 unspecified atom stereocenters. The fourth-order valence-electron chi connectivity index (χ4n) is 6.70. The van der Waals surface area contributed by atoms with Crippen LogP contribution in [0, 0.1) is 11.8 Å². The first-order valence-corrected chi connectivity index (χ1v) is 12.6. The van der Waals surface area contributed by atoms with Gasteiger partial charge in [-0.1, -0.05) is 13.8 Å². The van der Waals surface area contributed by atoms with Crippen molar-refractivity contribution in [3.8, 4) is 0 Å². The molecular weight excluding hydrogens is 395 g/mol. The average Bonchev–Trinajstić information content (AvgIpc) is 3.23. The van der Waals surface area contributed by atoms with Gasteiger partial charge in [0.25, 0.3) is 0 Å².